The molecule has 17 heavy (non-hydrogen) atoms. The topological polar surface area (TPSA) is 46.2 Å². The van der Waals surface area contributed by atoms with Gasteiger partial charge in [-0.2, -0.15) is 0 Å². The Bertz CT molecular complexity index is 413. The summed E-state index contributed by atoms with van der Waals surface area (Å²) in [6, 6.07) is 9.65. The van der Waals surface area contributed by atoms with Crippen LogP contribution in [0.2, 0.25) is 0 Å². The Kier molecular flexibility index (Phi) is 5.63. The lowest BCUT2D eigenvalue weighted by molar-refractivity contribution is -0.116. The van der Waals surface area contributed by atoms with Gasteiger partial charge in [0, 0.05) is 17.5 Å². The lowest BCUT2D eigenvalue weighted by Gasteiger charge is -2.04. The van der Waals surface area contributed by atoms with E-state index in [2.05, 4.69) is 5.32 Å². The Morgan fingerprint density at radius 1 is 1.35 bits per heavy atom. The SMILES string of the molecule is CC(C)NC(=O)/C=C\S(=O)Cc1ccccc1. The molecule has 0 fully saturated rings. The molecule has 0 bridgehead atoms. The van der Waals surface area contributed by atoms with E-state index in [0.717, 1.165) is 5.56 Å². The van der Waals surface area contributed by atoms with Gasteiger partial charge in [0.1, 0.15) is 0 Å². The van der Waals surface area contributed by atoms with Crippen LogP contribution in [0.1, 0.15) is 19.4 Å². The van der Waals surface area contributed by atoms with Crippen LogP contribution < -0.4 is 5.32 Å². The summed E-state index contributed by atoms with van der Waals surface area (Å²) in [6.07, 6.45) is 1.33. The highest BCUT2D eigenvalue weighted by atomic mass is 32.2. The van der Waals surface area contributed by atoms with Crippen LogP contribution in [-0.4, -0.2) is 16.2 Å². The second-order valence-electron chi connectivity index (χ2n) is 3.98. The van der Waals surface area contributed by atoms with Gasteiger partial charge < -0.3 is 5.32 Å². The molecule has 1 aromatic carbocycles. The molecule has 1 amide bonds. The fourth-order valence-corrected chi connectivity index (χ4v) is 2.15. The Labute approximate surface area is 104 Å². The molecule has 0 saturated heterocycles. The van der Waals surface area contributed by atoms with Crippen molar-refractivity contribution in [3.05, 3.63) is 47.4 Å². The van der Waals surface area contributed by atoms with E-state index in [1.165, 1.54) is 11.5 Å². The molecule has 0 aliphatic carbocycles. The molecule has 0 aliphatic rings. The Morgan fingerprint density at radius 3 is 2.59 bits per heavy atom. The maximum absolute atomic E-state index is 11.6. The van der Waals surface area contributed by atoms with E-state index < -0.39 is 10.8 Å². The number of benzene rings is 1. The quantitative estimate of drug-likeness (QED) is 0.813. The van der Waals surface area contributed by atoms with Crippen molar-refractivity contribution in [2.75, 3.05) is 0 Å². The Morgan fingerprint density at radius 2 is 2.00 bits per heavy atom. The molecule has 4 heteroatoms. The zero-order valence-corrected chi connectivity index (χ0v) is 10.9. The van der Waals surface area contributed by atoms with Crippen molar-refractivity contribution in [2.24, 2.45) is 0 Å². The normalized spacial score (nSPS) is 12.9. The van der Waals surface area contributed by atoms with E-state index >= 15 is 0 Å². The Hall–Kier alpha value is -1.42. The van der Waals surface area contributed by atoms with Crippen LogP contribution in [0.3, 0.4) is 0 Å². The number of hydrogen-bond donors (Lipinski definition) is 1. The Balaban J connectivity index is 2.45. The number of carbonyl (C=O) groups is 1. The molecular formula is C13H17NO2S. The van der Waals surface area contributed by atoms with Gasteiger partial charge >= 0.3 is 0 Å². The predicted octanol–water partition coefficient (Wildman–Crippen LogP) is 1.97. The summed E-state index contributed by atoms with van der Waals surface area (Å²) in [7, 11) is -1.15. The largest absolute Gasteiger partial charge is 0.350 e. The summed E-state index contributed by atoms with van der Waals surface area (Å²) >= 11 is 0. The number of carbonyl (C=O) groups excluding carboxylic acids is 1. The van der Waals surface area contributed by atoms with Gasteiger partial charge in [-0.3, -0.25) is 9.00 Å². The third-order valence-electron chi connectivity index (χ3n) is 1.95. The highest BCUT2D eigenvalue weighted by molar-refractivity contribution is 7.87. The highest BCUT2D eigenvalue weighted by Crippen LogP contribution is 2.03. The van der Waals surface area contributed by atoms with E-state index in [0.29, 0.717) is 5.75 Å². The van der Waals surface area contributed by atoms with Gasteiger partial charge in [0.2, 0.25) is 5.91 Å². The monoisotopic (exact) mass is 251 g/mol. The first-order chi connectivity index (χ1) is 8.08. The fourth-order valence-electron chi connectivity index (χ4n) is 1.26. The van der Waals surface area contributed by atoms with Crippen LogP contribution in [0.4, 0.5) is 0 Å². The van der Waals surface area contributed by atoms with Gasteiger partial charge in [-0.25, -0.2) is 0 Å². The van der Waals surface area contributed by atoms with Gasteiger partial charge in [-0.15, -0.1) is 0 Å². The first kappa shape index (κ1) is 13.6. The maximum atomic E-state index is 11.6. The van der Waals surface area contributed by atoms with E-state index in [1.54, 1.807) is 0 Å². The van der Waals surface area contributed by atoms with Gasteiger partial charge in [-0.1, -0.05) is 30.3 Å². The fraction of sp³-hybridized carbons (Fsp3) is 0.308. The van der Waals surface area contributed by atoms with Crippen molar-refractivity contribution >= 4 is 16.7 Å². The molecule has 1 N–H and O–H groups in total. The predicted molar refractivity (Wildman–Crippen MR) is 70.7 cm³/mol. The van der Waals surface area contributed by atoms with Crippen molar-refractivity contribution in [3.8, 4) is 0 Å². The molecule has 92 valence electrons. The molecule has 0 saturated carbocycles. The summed E-state index contributed by atoms with van der Waals surface area (Å²) in [6.45, 7) is 3.76. The minimum atomic E-state index is -1.15. The van der Waals surface area contributed by atoms with Crippen molar-refractivity contribution in [1.29, 1.82) is 0 Å². The molecule has 1 unspecified atom stereocenters. The smallest absolute Gasteiger partial charge is 0.244 e. The molecule has 0 aliphatic heterocycles. The lowest BCUT2D eigenvalue weighted by Crippen LogP contribution is -2.28. The number of amides is 1. The summed E-state index contributed by atoms with van der Waals surface area (Å²) in [4.78, 5) is 11.3. The molecule has 0 heterocycles. The zero-order chi connectivity index (χ0) is 12.7. The van der Waals surface area contributed by atoms with Crippen molar-refractivity contribution < 1.29 is 9.00 Å². The van der Waals surface area contributed by atoms with Crippen LogP contribution in [0.25, 0.3) is 0 Å². The first-order valence-electron chi connectivity index (χ1n) is 5.47. The van der Waals surface area contributed by atoms with E-state index in [9.17, 15) is 9.00 Å². The summed E-state index contributed by atoms with van der Waals surface area (Å²) in [5, 5.41) is 4.14. The van der Waals surface area contributed by atoms with Gasteiger partial charge in [0.15, 0.2) is 0 Å². The molecule has 0 radical (unpaired) electrons. The average molecular weight is 251 g/mol. The lowest BCUT2D eigenvalue weighted by atomic mass is 10.2. The van der Waals surface area contributed by atoms with Crippen LogP contribution in [0.5, 0.6) is 0 Å². The van der Waals surface area contributed by atoms with Crippen molar-refractivity contribution in [3.63, 3.8) is 0 Å². The number of hydrogen-bond acceptors (Lipinski definition) is 2. The number of rotatable bonds is 5. The molecule has 3 nitrogen and oxygen atoms in total. The van der Waals surface area contributed by atoms with E-state index in [4.69, 9.17) is 0 Å². The standard InChI is InChI=1S/C13H17NO2S/c1-11(2)14-13(15)8-9-17(16)10-12-6-4-3-5-7-12/h3-9,11H,10H2,1-2H3,(H,14,15)/b9-8-. The first-order valence-corrected chi connectivity index (χ1v) is 6.86. The molecule has 1 rings (SSSR count). The molecule has 1 aromatic rings. The highest BCUT2D eigenvalue weighted by Gasteiger charge is 2.00. The maximum Gasteiger partial charge on any atom is 0.244 e. The minimum absolute atomic E-state index is 0.0923. The molecule has 1 atom stereocenters. The zero-order valence-electron chi connectivity index (χ0n) is 10.1. The van der Waals surface area contributed by atoms with Crippen LogP contribution in [0.15, 0.2) is 41.8 Å². The van der Waals surface area contributed by atoms with Crippen LogP contribution >= 0.6 is 0 Å². The molecular weight excluding hydrogens is 234 g/mol. The second-order valence-corrected chi connectivity index (χ2v) is 5.30. The van der Waals surface area contributed by atoms with Crippen molar-refractivity contribution in [2.45, 2.75) is 25.6 Å². The summed E-state index contributed by atoms with van der Waals surface area (Å²) in [5.74, 6) is 0.230. The van der Waals surface area contributed by atoms with Crippen molar-refractivity contribution in [1.82, 2.24) is 5.32 Å². The number of nitrogens with one attached hydrogen (secondary N) is 1. The third kappa shape index (κ3) is 6.02. The van der Waals surface area contributed by atoms with Crippen LogP contribution in [0, 0.1) is 0 Å². The third-order valence-corrected chi connectivity index (χ3v) is 3.01. The van der Waals surface area contributed by atoms with Gasteiger partial charge in [0.05, 0.1) is 16.6 Å². The molecule has 0 aromatic heterocycles. The van der Waals surface area contributed by atoms with Gasteiger partial charge in [-0.05, 0) is 19.4 Å². The second kappa shape index (κ2) is 7.01. The van der Waals surface area contributed by atoms with E-state index in [1.807, 2.05) is 44.2 Å². The minimum Gasteiger partial charge on any atom is -0.350 e. The molecule has 0 spiro atoms. The average Bonchev–Trinajstić information content (AvgIpc) is 2.27. The summed E-state index contributed by atoms with van der Waals surface area (Å²) in [5.41, 5.74) is 1.000. The van der Waals surface area contributed by atoms with E-state index in [-0.39, 0.29) is 11.9 Å². The summed E-state index contributed by atoms with van der Waals surface area (Å²) < 4.78 is 11.6. The van der Waals surface area contributed by atoms with Gasteiger partial charge in [0.25, 0.3) is 0 Å². The van der Waals surface area contributed by atoms with Crippen LogP contribution in [-0.2, 0) is 21.3 Å².